The van der Waals surface area contributed by atoms with E-state index in [1.807, 2.05) is 13.0 Å². The molecular formula is C16H28N2O2. The van der Waals surface area contributed by atoms with Crippen molar-refractivity contribution in [2.75, 3.05) is 39.9 Å². The van der Waals surface area contributed by atoms with E-state index in [-0.39, 0.29) is 5.41 Å². The third-order valence-electron chi connectivity index (χ3n) is 3.94. The second-order valence-electron chi connectivity index (χ2n) is 6.16. The van der Waals surface area contributed by atoms with Crippen molar-refractivity contribution < 1.29 is 9.15 Å². The highest BCUT2D eigenvalue weighted by molar-refractivity contribution is 5.05. The molecule has 0 aromatic carbocycles. The largest absolute Gasteiger partial charge is 0.465 e. The van der Waals surface area contributed by atoms with Gasteiger partial charge in [-0.05, 0) is 45.5 Å². The molecular weight excluding hydrogens is 252 g/mol. The van der Waals surface area contributed by atoms with Gasteiger partial charge in [0.1, 0.15) is 11.5 Å². The monoisotopic (exact) mass is 280 g/mol. The molecule has 1 aromatic rings. The van der Waals surface area contributed by atoms with Crippen molar-refractivity contribution >= 4 is 0 Å². The molecule has 114 valence electrons. The standard InChI is InChI=1S/C16H28N2O2/c1-4-8-17-11-16(7-9-19-13-16)12-18(3)10-15-6-5-14(2)20-15/h5-6,17H,4,7-13H2,1-3H3. The molecule has 1 N–H and O–H groups in total. The van der Waals surface area contributed by atoms with Gasteiger partial charge in [-0.15, -0.1) is 0 Å². The van der Waals surface area contributed by atoms with E-state index >= 15 is 0 Å². The number of nitrogens with zero attached hydrogens (tertiary/aromatic N) is 1. The second-order valence-corrected chi connectivity index (χ2v) is 6.16. The molecule has 0 bridgehead atoms. The number of ether oxygens (including phenoxy) is 1. The van der Waals surface area contributed by atoms with Crippen molar-refractivity contribution in [3.8, 4) is 0 Å². The SMILES string of the molecule is CCCNCC1(CN(C)Cc2ccc(C)o2)CCOC1. The Hall–Kier alpha value is -0.840. The number of furan rings is 1. The summed E-state index contributed by atoms with van der Waals surface area (Å²) in [4.78, 5) is 2.35. The summed E-state index contributed by atoms with van der Waals surface area (Å²) in [6.45, 7) is 9.99. The maximum atomic E-state index is 5.66. The molecule has 1 aliphatic rings. The summed E-state index contributed by atoms with van der Waals surface area (Å²) in [6, 6.07) is 4.10. The quantitative estimate of drug-likeness (QED) is 0.742. The molecule has 4 nitrogen and oxygen atoms in total. The predicted octanol–water partition coefficient (Wildman–Crippen LogP) is 2.43. The first-order valence-electron chi connectivity index (χ1n) is 7.66. The maximum absolute atomic E-state index is 5.66. The molecule has 0 aliphatic carbocycles. The van der Waals surface area contributed by atoms with Crippen LogP contribution in [0, 0.1) is 12.3 Å². The number of hydrogen-bond acceptors (Lipinski definition) is 4. The molecule has 1 aliphatic heterocycles. The zero-order valence-corrected chi connectivity index (χ0v) is 13.1. The minimum absolute atomic E-state index is 0.256. The molecule has 2 rings (SSSR count). The minimum Gasteiger partial charge on any atom is -0.465 e. The van der Waals surface area contributed by atoms with Crippen molar-refractivity contribution in [1.29, 1.82) is 0 Å². The van der Waals surface area contributed by atoms with Gasteiger partial charge in [-0.3, -0.25) is 4.90 Å². The number of hydrogen-bond donors (Lipinski definition) is 1. The van der Waals surface area contributed by atoms with Crippen molar-refractivity contribution in [3.63, 3.8) is 0 Å². The summed E-state index contributed by atoms with van der Waals surface area (Å²) >= 11 is 0. The summed E-state index contributed by atoms with van der Waals surface area (Å²) in [5.41, 5.74) is 0.256. The van der Waals surface area contributed by atoms with Crippen molar-refractivity contribution in [2.24, 2.45) is 5.41 Å². The van der Waals surface area contributed by atoms with Gasteiger partial charge in [0.25, 0.3) is 0 Å². The number of nitrogens with one attached hydrogen (secondary N) is 1. The maximum Gasteiger partial charge on any atom is 0.118 e. The fraction of sp³-hybridized carbons (Fsp3) is 0.750. The lowest BCUT2D eigenvalue weighted by Crippen LogP contribution is -2.43. The van der Waals surface area contributed by atoms with Gasteiger partial charge in [0.05, 0.1) is 13.2 Å². The summed E-state index contributed by atoms with van der Waals surface area (Å²) < 4.78 is 11.3. The van der Waals surface area contributed by atoms with Crippen LogP contribution in [-0.2, 0) is 11.3 Å². The van der Waals surface area contributed by atoms with Crippen LogP contribution in [0.1, 0.15) is 31.3 Å². The highest BCUT2D eigenvalue weighted by atomic mass is 16.5. The van der Waals surface area contributed by atoms with Crippen LogP contribution in [0.15, 0.2) is 16.5 Å². The third kappa shape index (κ3) is 4.33. The lowest BCUT2D eigenvalue weighted by molar-refractivity contribution is 0.114. The first-order chi connectivity index (χ1) is 9.63. The molecule has 0 saturated carbocycles. The Morgan fingerprint density at radius 2 is 2.25 bits per heavy atom. The molecule has 4 heteroatoms. The molecule has 2 heterocycles. The Morgan fingerprint density at radius 3 is 2.85 bits per heavy atom. The van der Waals surface area contributed by atoms with Gasteiger partial charge in [-0.1, -0.05) is 6.92 Å². The fourth-order valence-corrected chi connectivity index (χ4v) is 2.96. The molecule has 20 heavy (non-hydrogen) atoms. The summed E-state index contributed by atoms with van der Waals surface area (Å²) in [7, 11) is 2.16. The van der Waals surface area contributed by atoms with E-state index in [4.69, 9.17) is 9.15 Å². The van der Waals surface area contributed by atoms with Crippen LogP contribution in [0.2, 0.25) is 0 Å². The van der Waals surface area contributed by atoms with Crippen LogP contribution in [0.4, 0.5) is 0 Å². The molecule has 1 fully saturated rings. The van der Waals surface area contributed by atoms with Gasteiger partial charge >= 0.3 is 0 Å². The zero-order valence-electron chi connectivity index (χ0n) is 13.1. The lowest BCUT2D eigenvalue weighted by atomic mass is 9.86. The van der Waals surface area contributed by atoms with E-state index in [2.05, 4.69) is 30.3 Å². The van der Waals surface area contributed by atoms with E-state index < -0.39 is 0 Å². The number of rotatable bonds is 8. The molecule has 0 amide bonds. The average molecular weight is 280 g/mol. The van der Waals surface area contributed by atoms with Gasteiger partial charge in [-0.25, -0.2) is 0 Å². The normalized spacial score (nSPS) is 22.8. The van der Waals surface area contributed by atoms with Crippen molar-refractivity contribution in [3.05, 3.63) is 23.7 Å². The highest BCUT2D eigenvalue weighted by Gasteiger charge is 2.35. The average Bonchev–Trinajstić information content (AvgIpc) is 3.00. The highest BCUT2D eigenvalue weighted by Crippen LogP contribution is 2.29. The molecule has 0 spiro atoms. The van der Waals surface area contributed by atoms with Crippen molar-refractivity contribution in [2.45, 2.75) is 33.2 Å². The Labute approximate surface area is 122 Å². The van der Waals surface area contributed by atoms with Gasteiger partial charge in [0, 0.05) is 25.1 Å². The topological polar surface area (TPSA) is 37.6 Å². The lowest BCUT2D eigenvalue weighted by Gasteiger charge is -2.32. The van der Waals surface area contributed by atoms with Crippen LogP contribution in [-0.4, -0.2) is 44.8 Å². The van der Waals surface area contributed by atoms with E-state index in [0.717, 1.165) is 57.3 Å². The van der Waals surface area contributed by atoms with Crippen LogP contribution in [0.5, 0.6) is 0 Å². The van der Waals surface area contributed by atoms with Crippen molar-refractivity contribution in [1.82, 2.24) is 10.2 Å². The summed E-state index contributed by atoms with van der Waals surface area (Å²) in [5, 5.41) is 3.56. The Balaban J connectivity index is 1.86. The molecule has 0 radical (unpaired) electrons. The second kappa shape index (κ2) is 7.25. The van der Waals surface area contributed by atoms with Gasteiger partial charge in [-0.2, -0.15) is 0 Å². The Morgan fingerprint density at radius 1 is 1.40 bits per heavy atom. The van der Waals surface area contributed by atoms with Gasteiger partial charge in [0.15, 0.2) is 0 Å². The van der Waals surface area contributed by atoms with Gasteiger partial charge in [0.2, 0.25) is 0 Å². The molecule has 1 atom stereocenters. The predicted molar refractivity (Wildman–Crippen MR) is 80.8 cm³/mol. The van der Waals surface area contributed by atoms with E-state index in [0.29, 0.717) is 0 Å². The van der Waals surface area contributed by atoms with Crippen LogP contribution in [0.3, 0.4) is 0 Å². The first kappa shape index (κ1) is 15.5. The molecule has 1 unspecified atom stereocenters. The van der Waals surface area contributed by atoms with Crippen LogP contribution < -0.4 is 5.32 Å². The molecule has 1 aromatic heterocycles. The zero-order chi connectivity index (χ0) is 14.4. The Kier molecular flexibility index (Phi) is 5.64. The fourth-order valence-electron chi connectivity index (χ4n) is 2.96. The van der Waals surface area contributed by atoms with Crippen LogP contribution >= 0.6 is 0 Å². The number of aryl methyl sites for hydroxylation is 1. The first-order valence-corrected chi connectivity index (χ1v) is 7.66. The summed E-state index contributed by atoms with van der Waals surface area (Å²) in [5.74, 6) is 2.03. The van der Waals surface area contributed by atoms with E-state index in [1.165, 1.54) is 6.42 Å². The van der Waals surface area contributed by atoms with Crippen LogP contribution in [0.25, 0.3) is 0 Å². The summed E-state index contributed by atoms with van der Waals surface area (Å²) in [6.07, 6.45) is 2.32. The minimum atomic E-state index is 0.256. The smallest absolute Gasteiger partial charge is 0.118 e. The van der Waals surface area contributed by atoms with E-state index in [1.54, 1.807) is 0 Å². The Bertz CT molecular complexity index is 397. The van der Waals surface area contributed by atoms with Gasteiger partial charge < -0.3 is 14.5 Å². The molecule has 1 saturated heterocycles. The third-order valence-corrected chi connectivity index (χ3v) is 3.94. The van der Waals surface area contributed by atoms with E-state index in [9.17, 15) is 0 Å².